The molecular weight excluding hydrogens is 348 g/mol. The highest BCUT2D eigenvalue weighted by Gasteiger charge is 2.20. The second-order valence-electron chi connectivity index (χ2n) is 6.26. The average Bonchev–Trinajstić information content (AvgIpc) is 2.92. The summed E-state index contributed by atoms with van der Waals surface area (Å²) in [5.74, 6) is 0.0799. The molecule has 0 atom stereocenters. The lowest BCUT2D eigenvalue weighted by Gasteiger charge is -2.33. The molecular formula is C16H25ClN4O2S. The van der Waals surface area contributed by atoms with E-state index < -0.39 is 0 Å². The van der Waals surface area contributed by atoms with Crippen LogP contribution in [0.3, 0.4) is 0 Å². The number of thiophene rings is 1. The Labute approximate surface area is 152 Å². The fourth-order valence-electron chi connectivity index (χ4n) is 2.57. The highest BCUT2D eigenvalue weighted by molar-refractivity contribution is 7.16. The van der Waals surface area contributed by atoms with Crippen LogP contribution in [0.4, 0.5) is 0 Å². The normalized spacial score (nSPS) is 16.3. The maximum atomic E-state index is 12.0. The van der Waals surface area contributed by atoms with Crippen LogP contribution in [0.1, 0.15) is 18.7 Å². The first kappa shape index (κ1) is 19.2. The third-order valence-electron chi connectivity index (χ3n) is 3.74. The van der Waals surface area contributed by atoms with E-state index in [9.17, 15) is 9.59 Å². The standard InChI is InChI=1S/C16H25ClN4O2S/c1-12(2)19-16(23)11-21-7-5-20(6-8-21)10-15(22)18-9-13-3-4-14(17)24-13/h3-4,12H,5-11H2,1-2H3,(H,18,22)(H,19,23). The van der Waals surface area contributed by atoms with Crippen molar-refractivity contribution in [2.24, 2.45) is 0 Å². The van der Waals surface area contributed by atoms with Crippen LogP contribution in [-0.2, 0) is 16.1 Å². The molecule has 0 unspecified atom stereocenters. The van der Waals surface area contributed by atoms with Crippen LogP contribution in [0.5, 0.6) is 0 Å². The van der Waals surface area contributed by atoms with E-state index in [0.29, 0.717) is 19.6 Å². The lowest BCUT2D eigenvalue weighted by Crippen LogP contribution is -2.51. The van der Waals surface area contributed by atoms with Gasteiger partial charge in [-0.3, -0.25) is 19.4 Å². The van der Waals surface area contributed by atoms with Gasteiger partial charge in [0.2, 0.25) is 11.8 Å². The minimum absolute atomic E-state index is 0.0190. The topological polar surface area (TPSA) is 64.7 Å². The minimum Gasteiger partial charge on any atom is -0.353 e. The number of nitrogens with zero attached hydrogens (tertiary/aromatic N) is 2. The maximum absolute atomic E-state index is 12.0. The molecule has 134 valence electrons. The monoisotopic (exact) mass is 372 g/mol. The van der Waals surface area contributed by atoms with Gasteiger partial charge in [-0.2, -0.15) is 0 Å². The van der Waals surface area contributed by atoms with Crippen molar-refractivity contribution in [1.29, 1.82) is 0 Å². The van der Waals surface area contributed by atoms with Gasteiger partial charge in [-0.15, -0.1) is 11.3 Å². The molecule has 1 saturated heterocycles. The van der Waals surface area contributed by atoms with Gasteiger partial charge in [0.05, 0.1) is 24.0 Å². The van der Waals surface area contributed by atoms with Crippen molar-refractivity contribution in [3.05, 3.63) is 21.3 Å². The fourth-order valence-corrected chi connectivity index (χ4v) is 3.59. The molecule has 1 fully saturated rings. The van der Waals surface area contributed by atoms with Gasteiger partial charge in [0.1, 0.15) is 0 Å². The number of hydrogen-bond donors (Lipinski definition) is 2. The molecule has 0 saturated carbocycles. The van der Waals surface area contributed by atoms with Gasteiger partial charge >= 0.3 is 0 Å². The number of hydrogen-bond acceptors (Lipinski definition) is 5. The summed E-state index contributed by atoms with van der Waals surface area (Å²) in [6, 6.07) is 3.93. The summed E-state index contributed by atoms with van der Waals surface area (Å²) in [5, 5.41) is 5.82. The van der Waals surface area contributed by atoms with Crippen molar-refractivity contribution in [3.63, 3.8) is 0 Å². The molecule has 1 aromatic rings. The number of halogens is 1. The van der Waals surface area contributed by atoms with E-state index in [1.807, 2.05) is 26.0 Å². The van der Waals surface area contributed by atoms with Crippen molar-refractivity contribution < 1.29 is 9.59 Å². The van der Waals surface area contributed by atoms with Crippen molar-refractivity contribution in [3.8, 4) is 0 Å². The summed E-state index contributed by atoms with van der Waals surface area (Å²) in [7, 11) is 0. The van der Waals surface area contributed by atoms with E-state index in [4.69, 9.17) is 11.6 Å². The van der Waals surface area contributed by atoms with Gasteiger partial charge in [0.25, 0.3) is 0 Å². The highest BCUT2D eigenvalue weighted by atomic mass is 35.5. The van der Waals surface area contributed by atoms with Crippen molar-refractivity contribution in [2.45, 2.75) is 26.4 Å². The third-order valence-corrected chi connectivity index (χ3v) is 4.97. The number of carbonyl (C=O) groups is 2. The van der Waals surface area contributed by atoms with Crippen molar-refractivity contribution in [2.75, 3.05) is 39.3 Å². The number of piperazine rings is 1. The molecule has 0 spiro atoms. The predicted molar refractivity (Wildman–Crippen MR) is 97.3 cm³/mol. The summed E-state index contributed by atoms with van der Waals surface area (Å²) in [4.78, 5) is 29.1. The quantitative estimate of drug-likeness (QED) is 0.754. The van der Waals surface area contributed by atoms with E-state index in [0.717, 1.165) is 35.4 Å². The van der Waals surface area contributed by atoms with Gasteiger partial charge < -0.3 is 10.6 Å². The largest absolute Gasteiger partial charge is 0.353 e. The highest BCUT2D eigenvalue weighted by Crippen LogP contribution is 2.20. The molecule has 6 nitrogen and oxygen atoms in total. The lowest BCUT2D eigenvalue weighted by molar-refractivity contribution is -0.125. The first-order valence-corrected chi connectivity index (χ1v) is 9.37. The summed E-state index contributed by atoms with van der Waals surface area (Å²) in [6.45, 7) is 8.46. The third kappa shape index (κ3) is 6.76. The zero-order valence-corrected chi connectivity index (χ0v) is 15.8. The molecule has 8 heteroatoms. The van der Waals surface area contributed by atoms with Crippen LogP contribution >= 0.6 is 22.9 Å². The second kappa shape index (κ2) is 9.36. The number of rotatable bonds is 7. The predicted octanol–water partition coefficient (Wildman–Crippen LogP) is 1.16. The molecule has 1 aromatic heterocycles. The lowest BCUT2D eigenvalue weighted by atomic mass is 10.3. The zero-order chi connectivity index (χ0) is 17.5. The number of carbonyl (C=O) groups excluding carboxylic acids is 2. The average molecular weight is 373 g/mol. The van der Waals surface area contributed by atoms with E-state index in [1.165, 1.54) is 11.3 Å². The van der Waals surface area contributed by atoms with Gasteiger partial charge in [0, 0.05) is 37.1 Å². The van der Waals surface area contributed by atoms with Crippen LogP contribution in [-0.4, -0.2) is 66.9 Å². The first-order valence-electron chi connectivity index (χ1n) is 8.17. The van der Waals surface area contributed by atoms with E-state index >= 15 is 0 Å². The molecule has 2 N–H and O–H groups in total. The Morgan fingerprint density at radius 1 is 1.12 bits per heavy atom. The van der Waals surface area contributed by atoms with E-state index in [2.05, 4.69) is 20.4 Å². The summed E-state index contributed by atoms with van der Waals surface area (Å²) >= 11 is 7.35. The van der Waals surface area contributed by atoms with E-state index in [-0.39, 0.29) is 17.9 Å². The minimum atomic E-state index is 0.0190. The Kier molecular flexibility index (Phi) is 7.48. The number of nitrogens with one attached hydrogen (secondary N) is 2. The van der Waals surface area contributed by atoms with Gasteiger partial charge in [-0.25, -0.2) is 0 Å². The Bertz CT molecular complexity index is 556. The molecule has 2 heterocycles. The van der Waals surface area contributed by atoms with Crippen LogP contribution in [0, 0.1) is 0 Å². The van der Waals surface area contributed by atoms with Gasteiger partial charge in [-0.05, 0) is 26.0 Å². The van der Waals surface area contributed by atoms with Gasteiger partial charge in [-0.1, -0.05) is 11.6 Å². The summed E-state index contributed by atoms with van der Waals surface area (Å²) in [5.41, 5.74) is 0. The first-order chi connectivity index (χ1) is 11.4. The van der Waals surface area contributed by atoms with E-state index in [1.54, 1.807) is 0 Å². The van der Waals surface area contributed by atoms with Crippen LogP contribution in [0.25, 0.3) is 0 Å². The second-order valence-corrected chi connectivity index (χ2v) is 8.06. The molecule has 1 aliphatic heterocycles. The molecule has 2 rings (SSSR count). The Balaban J connectivity index is 1.63. The zero-order valence-electron chi connectivity index (χ0n) is 14.2. The molecule has 0 radical (unpaired) electrons. The molecule has 0 aromatic carbocycles. The van der Waals surface area contributed by atoms with Crippen LogP contribution in [0.2, 0.25) is 4.34 Å². The Morgan fingerprint density at radius 2 is 1.71 bits per heavy atom. The molecule has 0 aliphatic carbocycles. The van der Waals surface area contributed by atoms with Crippen LogP contribution in [0.15, 0.2) is 12.1 Å². The molecule has 2 amide bonds. The van der Waals surface area contributed by atoms with Crippen molar-refractivity contribution in [1.82, 2.24) is 20.4 Å². The maximum Gasteiger partial charge on any atom is 0.234 e. The smallest absolute Gasteiger partial charge is 0.234 e. The molecule has 1 aliphatic rings. The summed E-state index contributed by atoms with van der Waals surface area (Å²) in [6.07, 6.45) is 0. The number of amides is 2. The molecule has 0 bridgehead atoms. The Morgan fingerprint density at radius 3 is 2.21 bits per heavy atom. The van der Waals surface area contributed by atoms with Crippen LogP contribution < -0.4 is 10.6 Å². The Hall–Kier alpha value is -1.15. The fraction of sp³-hybridized carbons (Fsp3) is 0.625. The van der Waals surface area contributed by atoms with Crippen molar-refractivity contribution >= 4 is 34.8 Å². The van der Waals surface area contributed by atoms with Gasteiger partial charge in [0.15, 0.2) is 0 Å². The molecule has 24 heavy (non-hydrogen) atoms. The summed E-state index contributed by atoms with van der Waals surface area (Å²) < 4.78 is 0.733. The SMILES string of the molecule is CC(C)NC(=O)CN1CCN(CC(=O)NCc2ccc(Cl)s2)CC1.